The highest BCUT2D eigenvalue weighted by atomic mass is 16.7. The molecular weight excluding hydrogens is 646 g/mol. The summed E-state index contributed by atoms with van der Waals surface area (Å²) in [5.74, 6) is -0.193. The molecule has 0 radical (unpaired) electrons. The average molecular weight is 724 g/mol. The van der Waals surface area contributed by atoms with Gasteiger partial charge >= 0.3 is 0 Å². The van der Waals surface area contributed by atoms with Gasteiger partial charge in [0, 0.05) is 6.42 Å². The average Bonchev–Trinajstić information content (AvgIpc) is 3.13. The molecule has 1 rings (SSSR count). The first-order valence-electron chi connectivity index (χ1n) is 20.7. The molecule has 7 unspecified atom stereocenters. The van der Waals surface area contributed by atoms with E-state index < -0.39 is 49.5 Å². The van der Waals surface area contributed by atoms with E-state index in [-0.39, 0.29) is 12.5 Å². The molecule has 1 amide bonds. The predicted octanol–water partition coefficient (Wildman–Crippen LogP) is 7.72. The molecule has 6 N–H and O–H groups in total. The second-order valence-corrected chi connectivity index (χ2v) is 14.4. The van der Waals surface area contributed by atoms with E-state index in [0.29, 0.717) is 6.42 Å². The van der Waals surface area contributed by atoms with Crippen LogP contribution in [0.3, 0.4) is 0 Å². The summed E-state index contributed by atoms with van der Waals surface area (Å²) in [6.45, 7) is 3.66. The van der Waals surface area contributed by atoms with E-state index in [0.717, 1.165) is 57.8 Å². The summed E-state index contributed by atoms with van der Waals surface area (Å²) in [6, 6.07) is -0.822. The van der Waals surface area contributed by atoms with Crippen molar-refractivity contribution in [1.82, 2.24) is 5.32 Å². The molecule has 298 valence electrons. The van der Waals surface area contributed by atoms with Crippen LogP contribution in [0.1, 0.15) is 168 Å². The van der Waals surface area contributed by atoms with Crippen LogP contribution in [0.15, 0.2) is 36.5 Å². The lowest BCUT2D eigenvalue weighted by Crippen LogP contribution is -2.60. The molecule has 1 saturated heterocycles. The molecule has 0 bridgehead atoms. The van der Waals surface area contributed by atoms with Crippen LogP contribution < -0.4 is 5.32 Å². The number of aliphatic hydroxyl groups is 5. The number of allylic oxidation sites excluding steroid dienone is 5. The Morgan fingerprint density at radius 2 is 1.12 bits per heavy atom. The van der Waals surface area contributed by atoms with Gasteiger partial charge in [0.05, 0.1) is 25.4 Å². The lowest BCUT2D eigenvalue weighted by Gasteiger charge is -2.40. The highest BCUT2D eigenvalue weighted by Gasteiger charge is 2.44. The first kappa shape index (κ1) is 47.4. The maximum Gasteiger partial charge on any atom is 0.220 e. The molecule has 0 aromatic carbocycles. The Hall–Kier alpha value is -1.59. The summed E-state index contributed by atoms with van der Waals surface area (Å²) in [5.41, 5.74) is 0. The topological polar surface area (TPSA) is 149 Å². The van der Waals surface area contributed by atoms with Crippen LogP contribution in [-0.2, 0) is 14.3 Å². The Bertz CT molecular complexity index is 894. The Morgan fingerprint density at radius 1 is 0.647 bits per heavy atom. The number of rotatable bonds is 33. The van der Waals surface area contributed by atoms with E-state index in [1.165, 1.54) is 89.9 Å². The lowest BCUT2D eigenvalue weighted by atomic mass is 9.99. The molecule has 0 aromatic heterocycles. The normalized spacial score (nSPS) is 22.4. The third-order valence-electron chi connectivity index (χ3n) is 9.68. The fourth-order valence-electron chi connectivity index (χ4n) is 6.31. The minimum Gasteiger partial charge on any atom is -0.394 e. The van der Waals surface area contributed by atoms with E-state index in [1.807, 2.05) is 6.08 Å². The molecular formula is C42H77NO8. The first-order valence-corrected chi connectivity index (χ1v) is 20.7. The molecule has 1 aliphatic rings. The molecule has 0 saturated carbocycles. The number of aliphatic hydroxyl groups excluding tert-OH is 5. The Balaban J connectivity index is 2.40. The molecule has 0 spiro atoms. The second-order valence-electron chi connectivity index (χ2n) is 14.4. The van der Waals surface area contributed by atoms with Crippen molar-refractivity contribution >= 4 is 5.91 Å². The number of nitrogens with one attached hydrogen (secondary N) is 1. The van der Waals surface area contributed by atoms with Crippen molar-refractivity contribution in [2.45, 2.75) is 211 Å². The number of carbonyl (C=O) groups excluding carboxylic acids is 1. The smallest absolute Gasteiger partial charge is 0.220 e. The summed E-state index contributed by atoms with van der Waals surface area (Å²) in [5, 5.41) is 53.9. The largest absolute Gasteiger partial charge is 0.394 e. The van der Waals surface area contributed by atoms with Gasteiger partial charge in [-0.2, -0.15) is 0 Å². The number of ether oxygens (including phenoxy) is 2. The molecule has 51 heavy (non-hydrogen) atoms. The molecule has 1 fully saturated rings. The van der Waals surface area contributed by atoms with E-state index in [1.54, 1.807) is 6.08 Å². The SMILES string of the molecule is CCC/C=C/CC/C=C/CC/C=C/C(O)C(COC1OC(CO)C(O)C(O)C1O)NC(=O)CCCCCCCCCCCCCCCCCCC. The van der Waals surface area contributed by atoms with Crippen LogP contribution in [0.4, 0.5) is 0 Å². The maximum atomic E-state index is 12.9. The Labute approximate surface area is 311 Å². The van der Waals surface area contributed by atoms with Crippen LogP contribution in [0, 0.1) is 0 Å². The summed E-state index contributed by atoms with van der Waals surface area (Å²) in [4.78, 5) is 12.9. The van der Waals surface area contributed by atoms with Crippen LogP contribution in [-0.4, -0.2) is 87.5 Å². The first-order chi connectivity index (χ1) is 24.8. The molecule has 1 aliphatic heterocycles. The Kier molecular flexibility index (Phi) is 30.7. The molecule has 9 heteroatoms. The zero-order valence-electron chi connectivity index (χ0n) is 32.4. The van der Waals surface area contributed by atoms with Crippen LogP contribution >= 0.6 is 0 Å². The number of carbonyl (C=O) groups is 1. The van der Waals surface area contributed by atoms with Crippen molar-refractivity contribution in [1.29, 1.82) is 0 Å². The van der Waals surface area contributed by atoms with Crippen molar-refractivity contribution in [3.05, 3.63) is 36.5 Å². The zero-order chi connectivity index (χ0) is 37.4. The molecule has 1 heterocycles. The van der Waals surface area contributed by atoms with Crippen LogP contribution in [0.2, 0.25) is 0 Å². The van der Waals surface area contributed by atoms with Gasteiger partial charge in [0.2, 0.25) is 5.91 Å². The van der Waals surface area contributed by atoms with Crippen molar-refractivity contribution in [2.24, 2.45) is 0 Å². The zero-order valence-corrected chi connectivity index (χ0v) is 32.4. The standard InChI is InChI=1S/C42H77NO8/c1-3-5-7-9-11-13-15-16-17-18-19-20-22-24-26-28-30-32-38(46)43-35(34-50-42-41(49)40(48)39(47)37(33-44)51-42)36(45)31-29-27-25-23-21-14-12-10-8-6-4-2/h8,10,21,23,29,31,35-37,39-42,44-45,47-49H,3-7,9,11-20,22,24-28,30,32-34H2,1-2H3,(H,43,46)/b10-8+,23-21+,31-29+. The van der Waals surface area contributed by atoms with Crippen molar-refractivity contribution in [3.8, 4) is 0 Å². The van der Waals surface area contributed by atoms with Crippen molar-refractivity contribution in [3.63, 3.8) is 0 Å². The van der Waals surface area contributed by atoms with Crippen molar-refractivity contribution in [2.75, 3.05) is 13.2 Å². The molecule has 7 atom stereocenters. The quantitative estimate of drug-likeness (QED) is 0.0298. The third kappa shape index (κ3) is 24.4. The van der Waals surface area contributed by atoms with Gasteiger partial charge in [0.15, 0.2) is 6.29 Å². The van der Waals surface area contributed by atoms with E-state index in [9.17, 15) is 30.3 Å². The van der Waals surface area contributed by atoms with Crippen LogP contribution in [0.25, 0.3) is 0 Å². The number of amides is 1. The monoisotopic (exact) mass is 724 g/mol. The molecule has 0 aliphatic carbocycles. The number of unbranched alkanes of at least 4 members (excludes halogenated alkanes) is 19. The van der Waals surface area contributed by atoms with Gasteiger partial charge in [0.25, 0.3) is 0 Å². The van der Waals surface area contributed by atoms with Gasteiger partial charge in [-0.25, -0.2) is 0 Å². The summed E-state index contributed by atoms with van der Waals surface area (Å²) >= 11 is 0. The number of hydrogen-bond donors (Lipinski definition) is 6. The van der Waals surface area contributed by atoms with Crippen LogP contribution in [0.5, 0.6) is 0 Å². The maximum absolute atomic E-state index is 12.9. The van der Waals surface area contributed by atoms with Crippen molar-refractivity contribution < 1.29 is 39.8 Å². The summed E-state index contributed by atoms with van der Waals surface area (Å²) in [7, 11) is 0. The van der Waals surface area contributed by atoms with Gasteiger partial charge in [-0.3, -0.25) is 4.79 Å². The van der Waals surface area contributed by atoms with Gasteiger partial charge in [0.1, 0.15) is 24.4 Å². The highest BCUT2D eigenvalue weighted by Crippen LogP contribution is 2.22. The fourth-order valence-corrected chi connectivity index (χ4v) is 6.31. The van der Waals surface area contributed by atoms with Gasteiger partial charge in [-0.05, 0) is 38.5 Å². The predicted molar refractivity (Wildman–Crippen MR) is 207 cm³/mol. The molecule has 9 nitrogen and oxygen atoms in total. The summed E-state index contributed by atoms with van der Waals surface area (Å²) < 4.78 is 11.1. The van der Waals surface area contributed by atoms with Gasteiger partial charge in [-0.1, -0.05) is 159 Å². The lowest BCUT2D eigenvalue weighted by molar-refractivity contribution is -0.302. The summed E-state index contributed by atoms with van der Waals surface area (Å²) in [6.07, 6.45) is 31.9. The highest BCUT2D eigenvalue weighted by molar-refractivity contribution is 5.76. The van der Waals surface area contributed by atoms with Gasteiger partial charge < -0.3 is 40.3 Å². The van der Waals surface area contributed by atoms with E-state index in [4.69, 9.17) is 9.47 Å². The van der Waals surface area contributed by atoms with E-state index in [2.05, 4.69) is 43.5 Å². The minimum absolute atomic E-state index is 0.193. The minimum atomic E-state index is -1.57. The number of hydrogen-bond acceptors (Lipinski definition) is 8. The Morgan fingerprint density at radius 3 is 1.61 bits per heavy atom. The van der Waals surface area contributed by atoms with Gasteiger partial charge in [-0.15, -0.1) is 0 Å². The molecule has 0 aromatic rings. The van der Waals surface area contributed by atoms with E-state index >= 15 is 0 Å². The second kappa shape index (κ2) is 33.0. The third-order valence-corrected chi connectivity index (χ3v) is 9.68. The fraction of sp³-hybridized carbons (Fsp3) is 0.833.